The molecule has 7 nitrogen and oxygen atoms in total. The Bertz CT molecular complexity index is 1160. The van der Waals surface area contributed by atoms with Crippen LogP contribution in [0.15, 0.2) is 36.4 Å². The number of aromatic nitrogens is 1. The molecule has 1 amide bonds. The summed E-state index contributed by atoms with van der Waals surface area (Å²) in [5, 5.41) is 3.54. The fraction of sp³-hybridized carbons (Fsp3) is 0.360. The number of benzene rings is 2. The smallest absolute Gasteiger partial charge is 0.256 e. The molecule has 2 aromatic carbocycles. The van der Waals surface area contributed by atoms with Crippen molar-refractivity contribution in [3.63, 3.8) is 0 Å². The quantitative estimate of drug-likeness (QED) is 0.565. The molecule has 4 rings (SSSR count). The Morgan fingerprint density at radius 1 is 1.09 bits per heavy atom. The Morgan fingerprint density at radius 2 is 1.82 bits per heavy atom. The highest BCUT2D eigenvalue weighted by Crippen LogP contribution is 2.39. The lowest BCUT2D eigenvalue weighted by atomic mass is 10.1. The Kier molecular flexibility index (Phi) is 6.93. The number of pyridine rings is 1. The van der Waals surface area contributed by atoms with Crippen LogP contribution in [0.2, 0.25) is 0 Å². The van der Waals surface area contributed by atoms with E-state index in [1.807, 2.05) is 19.9 Å². The van der Waals surface area contributed by atoms with E-state index < -0.39 is 5.82 Å². The molecule has 0 unspecified atom stereocenters. The highest BCUT2D eigenvalue weighted by molar-refractivity contribution is 6.13. The molecule has 174 valence electrons. The summed E-state index contributed by atoms with van der Waals surface area (Å²) in [5.41, 5.74) is 2.88. The van der Waals surface area contributed by atoms with Crippen molar-refractivity contribution in [3.05, 3.63) is 53.5 Å². The van der Waals surface area contributed by atoms with Crippen LogP contribution in [0.4, 0.5) is 15.8 Å². The predicted octanol–water partition coefficient (Wildman–Crippen LogP) is 4.57. The van der Waals surface area contributed by atoms with Crippen LogP contribution in [0.25, 0.3) is 10.9 Å². The van der Waals surface area contributed by atoms with Gasteiger partial charge in [-0.2, -0.15) is 0 Å². The van der Waals surface area contributed by atoms with Crippen LogP contribution in [0, 0.1) is 12.7 Å². The van der Waals surface area contributed by atoms with Gasteiger partial charge in [-0.15, -0.1) is 0 Å². The molecule has 0 saturated carbocycles. The van der Waals surface area contributed by atoms with Crippen LogP contribution in [0.5, 0.6) is 11.5 Å². The molecule has 1 aromatic heterocycles. The number of nitrogens with zero attached hydrogens (tertiary/aromatic N) is 2. The first kappa shape index (κ1) is 22.8. The van der Waals surface area contributed by atoms with E-state index in [0.717, 1.165) is 18.8 Å². The molecule has 0 aliphatic carbocycles. The average molecular weight is 454 g/mol. The normalized spacial score (nSPS) is 13.8. The van der Waals surface area contributed by atoms with Crippen LogP contribution in [0.1, 0.15) is 29.9 Å². The van der Waals surface area contributed by atoms with Gasteiger partial charge in [0.15, 0.2) is 0 Å². The number of carbonyl (C=O) groups excluding carboxylic acids is 1. The summed E-state index contributed by atoms with van der Waals surface area (Å²) < 4.78 is 31.0. The van der Waals surface area contributed by atoms with Gasteiger partial charge in [0, 0.05) is 42.4 Å². The van der Waals surface area contributed by atoms with E-state index in [0.29, 0.717) is 65.8 Å². The molecule has 8 heteroatoms. The zero-order valence-electron chi connectivity index (χ0n) is 19.1. The Hall–Kier alpha value is -3.39. The second kappa shape index (κ2) is 10.0. The first-order valence-corrected chi connectivity index (χ1v) is 11.1. The van der Waals surface area contributed by atoms with Gasteiger partial charge in [0.05, 0.1) is 48.9 Å². The van der Waals surface area contributed by atoms with Crippen molar-refractivity contribution in [2.24, 2.45) is 0 Å². The van der Waals surface area contributed by atoms with Crippen molar-refractivity contribution >= 4 is 28.2 Å². The number of hydrogen-bond acceptors (Lipinski definition) is 6. The summed E-state index contributed by atoms with van der Waals surface area (Å²) in [7, 11) is 0. The third kappa shape index (κ3) is 5.01. The molecule has 0 radical (unpaired) electrons. The summed E-state index contributed by atoms with van der Waals surface area (Å²) in [6, 6.07) is 9.62. The number of morpholine rings is 1. The Labute approximate surface area is 192 Å². The molecule has 1 fully saturated rings. The van der Waals surface area contributed by atoms with Gasteiger partial charge >= 0.3 is 0 Å². The third-order valence-corrected chi connectivity index (χ3v) is 5.41. The van der Waals surface area contributed by atoms with Crippen molar-refractivity contribution in [2.45, 2.75) is 20.8 Å². The molecule has 3 aromatic rings. The number of nitrogens with one attached hydrogen (secondary N) is 1. The minimum atomic E-state index is -0.398. The molecule has 0 atom stereocenters. The fourth-order valence-corrected chi connectivity index (χ4v) is 3.96. The molecule has 0 spiro atoms. The molecule has 1 N–H and O–H groups in total. The van der Waals surface area contributed by atoms with Gasteiger partial charge in [-0.3, -0.25) is 9.78 Å². The number of halogens is 1. The molecule has 0 bridgehead atoms. The fourth-order valence-electron chi connectivity index (χ4n) is 3.96. The lowest BCUT2D eigenvalue weighted by Gasteiger charge is -2.31. The van der Waals surface area contributed by atoms with E-state index in [9.17, 15) is 9.18 Å². The van der Waals surface area contributed by atoms with Crippen molar-refractivity contribution < 1.29 is 23.4 Å². The van der Waals surface area contributed by atoms with Crippen LogP contribution in [-0.4, -0.2) is 50.4 Å². The number of carbonyl (C=O) groups is 1. The summed E-state index contributed by atoms with van der Waals surface area (Å²) >= 11 is 0. The number of anilines is 2. The first-order chi connectivity index (χ1) is 16.0. The van der Waals surface area contributed by atoms with Crippen molar-refractivity contribution in [1.82, 2.24) is 4.98 Å². The molecule has 1 saturated heterocycles. The van der Waals surface area contributed by atoms with Crippen LogP contribution in [-0.2, 0) is 4.74 Å². The number of amides is 1. The highest BCUT2D eigenvalue weighted by atomic mass is 19.1. The van der Waals surface area contributed by atoms with Gasteiger partial charge in [0.25, 0.3) is 5.91 Å². The molecule has 2 heterocycles. The van der Waals surface area contributed by atoms with Crippen molar-refractivity contribution in [2.75, 3.05) is 49.7 Å². The first-order valence-electron chi connectivity index (χ1n) is 11.1. The van der Waals surface area contributed by atoms with E-state index in [-0.39, 0.29) is 5.91 Å². The number of ether oxygens (including phenoxy) is 3. The third-order valence-electron chi connectivity index (χ3n) is 5.41. The summed E-state index contributed by atoms with van der Waals surface area (Å²) in [4.78, 5) is 19.9. The molecule has 1 aliphatic heterocycles. The number of fused-ring (bicyclic) bond motifs is 1. The van der Waals surface area contributed by atoms with E-state index in [4.69, 9.17) is 14.2 Å². The zero-order chi connectivity index (χ0) is 23.4. The second-order valence-electron chi connectivity index (χ2n) is 7.71. The van der Waals surface area contributed by atoms with Gasteiger partial charge in [-0.05, 0) is 39.0 Å². The number of hydrogen-bond donors (Lipinski definition) is 1. The number of aryl methyl sites for hydroxylation is 1. The standard InChI is InChI=1S/C25H28FN3O4/c1-4-32-23-15-22(29-8-10-31-11-9-29)24(33-5-2)14-21(23)28-25(30)19-12-16(3)27-20-13-17(26)6-7-18(19)20/h6-7,12-15H,4-5,8-11H2,1-3H3,(H,28,30). The largest absolute Gasteiger partial charge is 0.492 e. The maximum absolute atomic E-state index is 13.7. The summed E-state index contributed by atoms with van der Waals surface area (Å²) in [6.45, 7) is 9.29. The molecular weight excluding hydrogens is 425 g/mol. The summed E-state index contributed by atoms with van der Waals surface area (Å²) in [5.74, 6) is 0.484. The van der Waals surface area contributed by atoms with Gasteiger partial charge < -0.3 is 24.4 Å². The maximum Gasteiger partial charge on any atom is 0.256 e. The lowest BCUT2D eigenvalue weighted by Crippen LogP contribution is -2.36. The lowest BCUT2D eigenvalue weighted by molar-refractivity contribution is 0.102. The Balaban J connectivity index is 1.73. The predicted molar refractivity (Wildman–Crippen MR) is 126 cm³/mol. The van der Waals surface area contributed by atoms with E-state index in [1.165, 1.54) is 12.1 Å². The molecular formula is C25H28FN3O4. The average Bonchev–Trinajstić information content (AvgIpc) is 2.80. The molecule has 33 heavy (non-hydrogen) atoms. The summed E-state index contributed by atoms with van der Waals surface area (Å²) in [6.07, 6.45) is 0. The van der Waals surface area contributed by atoms with Crippen LogP contribution < -0.4 is 19.7 Å². The second-order valence-corrected chi connectivity index (χ2v) is 7.71. The molecule has 1 aliphatic rings. The van der Waals surface area contributed by atoms with E-state index in [2.05, 4.69) is 15.2 Å². The minimum Gasteiger partial charge on any atom is -0.492 e. The van der Waals surface area contributed by atoms with Gasteiger partial charge in [-0.1, -0.05) is 0 Å². The zero-order valence-corrected chi connectivity index (χ0v) is 19.1. The van der Waals surface area contributed by atoms with Gasteiger partial charge in [0.1, 0.15) is 17.3 Å². The van der Waals surface area contributed by atoms with Crippen molar-refractivity contribution in [1.29, 1.82) is 0 Å². The monoisotopic (exact) mass is 453 g/mol. The minimum absolute atomic E-state index is 0.334. The SMILES string of the molecule is CCOc1cc(N2CCOCC2)c(OCC)cc1NC(=O)c1cc(C)nc2cc(F)ccc12. The highest BCUT2D eigenvalue weighted by Gasteiger charge is 2.21. The van der Waals surface area contributed by atoms with Crippen LogP contribution in [0.3, 0.4) is 0 Å². The van der Waals surface area contributed by atoms with Crippen LogP contribution >= 0.6 is 0 Å². The Morgan fingerprint density at radius 3 is 2.55 bits per heavy atom. The van der Waals surface area contributed by atoms with Crippen molar-refractivity contribution in [3.8, 4) is 11.5 Å². The van der Waals surface area contributed by atoms with Gasteiger partial charge in [-0.25, -0.2) is 4.39 Å². The van der Waals surface area contributed by atoms with Gasteiger partial charge in [0.2, 0.25) is 0 Å². The maximum atomic E-state index is 13.7. The van der Waals surface area contributed by atoms with E-state index >= 15 is 0 Å². The topological polar surface area (TPSA) is 72.9 Å². The number of rotatable bonds is 7. The van der Waals surface area contributed by atoms with E-state index in [1.54, 1.807) is 25.1 Å².